The number of barbiturate groups is 1. The van der Waals surface area contributed by atoms with Gasteiger partial charge >= 0.3 is 6.03 Å². The highest BCUT2D eigenvalue weighted by Gasteiger charge is 2.38. The summed E-state index contributed by atoms with van der Waals surface area (Å²) in [5, 5.41) is 2.08. The summed E-state index contributed by atoms with van der Waals surface area (Å²) >= 11 is 0. The molecule has 4 amide bonds. The number of carbonyl (C=O) groups is 3. The van der Waals surface area contributed by atoms with Gasteiger partial charge in [0.05, 0.1) is 5.69 Å². The van der Waals surface area contributed by atoms with E-state index in [0.29, 0.717) is 10.5 Å². The molecule has 0 spiro atoms. The number of amides is 4. The summed E-state index contributed by atoms with van der Waals surface area (Å²) in [5.74, 6) is -2.39. The Morgan fingerprint density at radius 1 is 1.12 bits per heavy atom. The van der Waals surface area contributed by atoms with Crippen molar-refractivity contribution in [2.45, 2.75) is 13.8 Å². The van der Waals surface area contributed by atoms with Crippen molar-refractivity contribution in [3.8, 4) is 0 Å². The van der Waals surface area contributed by atoms with E-state index < -0.39 is 23.7 Å². The Morgan fingerprint density at radius 3 is 2.40 bits per heavy atom. The number of carbonyl (C=O) groups excluding carboxylic acids is 3. The van der Waals surface area contributed by atoms with Gasteiger partial charge in [0.2, 0.25) is 0 Å². The van der Waals surface area contributed by atoms with Gasteiger partial charge in [-0.15, -0.1) is 0 Å². The summed E-state index contributed by atoms with van der Waals surface area (Å²) in [7, 11) is 1.87. The number of anilines is 1. The molecule has 0 aliphatic carbocycles. The van der Waals surface area contributed by atoms with Gasteiger partial charge in [-0.05, 0) is 43.7 Å². The third-order valence-corrected chi connectivity index (χ3v) is 4.31. The number of urea groups is 1. The van der Waals surface area contributed by atoms with Gasteiger partial charge < -0.3 is 4.57 Å². The van der Waals surface area contributed by atoms with Crippen LogP contribution in [0.1, 0.15) is 17.0 Å². The maximum atomic E-state index is 14.0. The number of nitrogens with zero attached hydrogens (tertiary/aromatic N) is 2. The third kappa shape index (κ3) is 2.73. The highest BCUT2D eigenvalue weighted by molar-refractivity contribution is 6.39. The lowest BCUT2D eigenvalue weighted by Gasteiger charge is -2.26. The molecule has 1 aromatic carbocycles. The number of benzene rings is 1. The van der Waals surface area contributed by atoms with Crippen LogP contribution in [0.25, 0.3) is 6.08 Å². The van der Waals surface area contributed by atoms with Crippen LogP contribution >= 0.6 is 0 Å². The molecule has 0 saturated carbocycles. The van der Waals surface area contributed by atoms with Gasteiger partial charge in [-0.3, -0.25) is 14.9 Å². The van der Waals surface area contributed by atoms with Gasteiger partial charge in [0.1, 0.15) is 11.4 Å². The lowest BCUT2D eigenvalue weighted by atomic mass is 10.1. The molecule has 0 unspecified atom stereocenters. The van der Waals surface area contributed by atoms with Gasteiger partial charge in [0.15, 0.2) is 0 Å². The minimum atomic E-state index is -0.974. The Morgan fingerprint density at radius 2 is 1.80 bits per heavy atom. The van der Waals surface area contributed by atoms with Crippen LogP contribution in [0.4, 0.5) is 14.9 Å². The first-order valence-corrected chi connectivity index (χ1v) is 7.60. The molecule has 3 rings (SSSR count). The molecule has 2 aromatic rings. The van der Waals surface area contributed by atoms with E-state index in [2.05, 4.69) is 5.32 Å². The summed E-state index contributed by atoms with van der Waals surface area (Å²) < 4.78 is 15.9. The first-order chi connectivity index (χ1) is 11.8. The minimum Gasteiger partial charge on any atom is -0.352 e. The first kappa shape index (κ1) is 16.6. The second-order valence-corrected chi connectivity index (χ2v) is 5.79. The van der Waals surface area contributed by atoms with Crippen LogP contribution in [0, 0.1) is 19.7 Å². The normalized spacial score (nSPS) is 16.6. The van der Waals surface area contributed by atoms with Crippen molar-refractivity contribution in [1.82, 2.24) is 9.88 Å². The van der Waals surface area contributed by atoms with E-state index in [9.17, 15) is 18.8 Å². The molecular formula is C18H16FN3O3. The summed E-state index contributed by atoms with van der Waals surface area (Å²) in [5.41, 5.74) is 2.07. The maximum Gasteiger partial charge on any atom is 0.336 e. The molecule has 0 atom stereocenters. The Hall–Kier alpha value is -3.22. The zero-order valence-corrected chi connectivity index (χ0v) is 14.0. The Kier molecular flexibility index (Phi) is 4.00. The van der Waals surface area contributed by atoms with Gasteiger partial charge in [0.25, 0.3) is 11.8 Å². The maximum absolute atomic E-state index is 14.0. The number of nitrogens with one attached hydrogen (secondary N) is 1. The van der Waals surface area contributed by atoms with Crippen LogP contribution in [0.2, 0.25) is 0 Å². The zero-order chi connectivity index (χ0) is 18.3. The summed E-state index contributed by atoms with van der Waals surface area (Å²) in [6, 6.07) is 6.25. The predicted molar refractivity (Wildman–Crippen MR) is 90.3 cm³/mol. The Labute approximate surface area is 143 Å². The number of hydrogen-bond donors (Lipinski definition) is 1. The van der Waals surface area contributed by atoms with Crippen LogP contribution in [-0.2, 0) is 16.6 Å². The number of aromatic nitrogens is 1. The number of para-hydroxylation sites is 1. The van der Waals surface area contributed by atoms with E-state index in [1.807, 2.05) is 31.5 Å². The van der Waals surface area contributed by atoms with Crippen molar-refractivity contribution in [1.29, 1.82) is 0 Å². The summed E-state index contributed by atoms with van der Waals surface area (Å²) in [6.07, 6.45) is 1.42. The van der Waals surface area contributed by atoms with Crippen LogP contribution in [-0.4, -0.2) is 22.4 Å². The fourth-order valence-electron chi connectivity index (χ4n) is 2.70. The van der Waals surface area contributed by atoms with Crippen molar-refractivity contribution in [2.24, 2.45) is 7.05 Å². The van der Waals surface area contributed by atoms with E-state index in [1.54, 1.807) is 0 Å². The number of hydrogen-bond acceptors (Lipinski definition) is 3. The standard InChI is InChI=1S/C18H16FN3O3/c1-10-8-12(11(2)21(10)3)9-13-16(23)20-18(25)22(17(13)24)15-7-5-4-6-14(15)19/h4-9H,1-3H3,(H,20,23,25)/b13-9-. The highest BCUT2D eigenvalue weighted by atomic mass is 19.1. The molecule has 1 aromatic heterocycles. The molecular weight excluding hydrogens is 325 g/mol. The quantitative estimate of drug-likeness (QED) is 0.674. The molecule has 1 aliphatic heterocycles. The average Bonchev–Trinajstić information content (AvgIpc) is 2.80. The minimum absolute atomic E-state index is 0.204. The largest absolute Gasteiger partial charge is 0.352 e. The molecule has 1 aliphatic rings. The molecule has 2 heterocycles. The van der Waals surface area contributed by atoms with Crippen LogP contribution in [0.15, 0.2) is 35.9 Å². The highest BCUT2D eigenvalue weighted by Crippen LogP contribution is 2.25. The van der Waals surface area contributed by atoms with Gasteiger partial charge in [-0.2, -0.15) is 0 Å². The Bertz CT molecular complexity index is 943. The fraction of sp³-hybridized carbons (Fsp3) is 0.167. The van der Waals surface area contributed by atoms with Crippen molar-refractivity contribution in [2.75, 3.05) is 4.90 Å². The lowest BCUT2D eigenvalue weighted by Crippen LogP contribution is -2.54. The zero-order valence-electron chi connectivity index (χ0n) is 14.0. The van der Waals surface area contributed by atoms with E-state index in [-0.39, 0.29) is 11.3 Å². The smallest absolute Gasteiger partial charge is 0.336 e. The topological polar surface area (TPSA) is 71.4 Å². The third-order valence-electron chi connectivity index (χ3n) is 4.31. The van der Waals surface area contributed by atoms with Crippen molar-refractivity contribution < 1.29 is 18.8 Å². The SMILES string of the molecule is Cc1cc(/C=C2/C(=O)NC(=O)N(c3ccccc3F)C2=O)c(C)n1C. The molecule has 1 saturated heterocycles. The van der Waals surface area contributed by atoms with Gasteiger partial charge in [0, 0.05) is 18.4 Å². The summed E-state index contributed by atoms with van der Waals surface area (Å²) in [4.78, 5) is 37.5. The second kappa shape index (κ2) is 6.01. The van der Waals surface area contributed by atoms with E-state index in [1.165, 1.54) is 24.3 Å². The van der Waals surface area contributed by atoms with Gasteiger partial charge in [-0.1, -0.05) is 12.1 Å². The van der Waals surface area contributed by atoms with Crippen LogP contribution in [0.5, 0.6) is 0 Å². The van der Waals surface area contributed by atoms with Crippen molar-refractivity contribution >= 4 is 29.6 Å². The molecule has 0 bridgehead atoms. The molecule has 6 nitrogen and oxygen atoms in total. The van der Waals surface area contributed by atoms with E-state index in [0.717, 1.165) is 17.5 Å². The van der Waals surface area contributed by atoms with Crippen LogP contribution < -0.4 is 10.2 Å². The monoisotopic (exact) mass is 341 g/mol. The number of halogens is 1. The predicted octanol–water partition coefficient (Wildman–Crippen LogP) is 2.45. The molecule has 1 fully saturated rings. The molecule has 0 radical (unpaired) electrons. The van der Waals surface area contributed by atoms with Crippen LogP contribution in [0.3, 0.4) is 0 Å². The van der Waals surface area contributed by atoms with E-state index in [4.69, 9.17) is 0 Å². The van der Waals surface area contributed by atoms with Crippen molar-refractivity contribution in [3.63, 3.8) is 0 Å². The summed E-state index contributed by atoms with van der Waals surface area (Å²) in [6.45, 7) is 3.75. The molecule has 25 heavy (non-hydrogen) atoms. The number of aryl methyl sites for hydroxylation is 1. The van der Waals surface area contributed by atoms with Gasteiger partial charge in [-0.25, -0.2) is 14.1 Å². The second-order valence-electron chi connectivity index (χ2n) is 5.79. The molecule has 1 N–H and O–H groups in total. The fourth-order valence-corrected chi connectivity index (χ4v) is 2.70. The molecule has 7 heteroatoms. The number of imide groups is 2. The first-order valence-electron chi connectivity index (χ1n) is 7.60. The lowest BCUT2D eigenvalue weighted by molar-refractivity contribution is -0.122. The molecule has 128 valence electrons. The van der Waals surface area contributed by atoms with Crippen molar-refractivity contribution in [3.05, 3.63) is 58.7 Å². The van der Waals surface area contributed by atoms with E-state index >= 15 is 0 Å². The Balaban J connectivity index is 2.08. The average molecular weight is 341 g/mol. The number of rotatable bonds is 2.